The summed E-state index contributed by atoms with van der Waals surface area (Å²) in [5.74, 6) is -0.452. The molecule has 0 aliphatic heterocycles. The number of methoxy groups -OCH3 is 1. The first-order chi connectivity index (χ1) is 17.7. The molecule has 0 spiro atoms. The smallest absolute Gasteiger partial charge is 0.387 e. The Kier molecular flexibility index (Phi) is 8.56. The van der Waals surface area contributed by atoms with Crippen LogP contribution >= 0.6 is 23.2 Å². The second-order valence-corrected chi connectivity index (χ2v) is 9.27. The molecule has 4 rings (SSSR count). The standard InChI is InChI=1S/C26H23Cl2F2NO6/c1-34-21-6-5-16(8-20(21)32)25(33)36-23(10-17-18(27)11-31-12-19(17)28)15-4-7-22(37-26(29)30)24(9-15)35-13-14-2-3-14/h4-9,11-12,14,23,26,32H,2-3,10,13H2,1H3/p+1/t23-/m0/s1. The number of hydrogen-bond donors (Lipinski definition) is 1. The van der Waals surface area contributed by atoms with Gasteiger partial charge in [-0.15, -0.1) is 0 Å². The number of halogens is 4. The van der Waals surface area contributed by atoms with Crippen molar-refractivity contribution in [2.75, 3.05) is 13.7 Å². The van der Waals surface area contributed by atoms with Gasteiger partial charge in [-0.3, -0.25) is 0 Å². The Morgan fingerprint density at radius 3 is 2.41 bits per heavy atom. The topological polar surface area (TPSA) is 88.4 Å². The van der Waals surface area contributed by atoms with Crippen molar-refractivity contribution >= 4 is 29.2 Å². The van der Waals surface area contributed by atoms with Gasteiger partial charge < -0.3 is 24.1 Å². The molecule has 1 aliphatic rings. The highest BCUT2D eigenvalue weighted by Gasteiger charge is 2.26. The number of ether oxygens (including phenoxy) is 4. The lowest BCUT2D eigenvalue weighted by Gasteiger charge is -2.21. The van der Waals surface area contributed by atoms with Gasteiger partial charge in [0.05, 0.1) is 19.3 Å². The molecule has 1 saturated carbocycles. The summed E-state index contributed by atoms with van der Waals surface area (Å²) in [6, 6.07) is 8.44. The van der Waals surface area contributed by atoms with Gasteiger partial charge in [-0.25, -0.2) is 9.78 Å². The zero-order valence-electron chi connectivity index (χ0n) is 19.7. The maximum Gasteiger partial charge on any atom is 0.387 e. The van der Waals surface area contributed by atoms with Crippen molar-refractivity contribution in [3.8, 4) is 23.0 Å². The first kappa shape index (κ1) is 26.8. The number of H-pyrrole nitrogens is 1. The van der Waals surface area contributed by atoms with E-state index < -0.39 is 18.7 Å². The number of phenolic OH excluding ortho intramolecular Hbond substituents is 1. The Labute approximate surface area is 221 Å². The second-order valence-electron chi connectivity index (χ2n) is 8.45. The number of rotatable bonds is 11. The maximum absolute atomic E-state index is 13.1. The molecule has 0 radical (unpaired) electrons. The molecule has 1 aromatic heterocycles. The number of aromatic nitrogens is 1. The number of aromatic amines is 1. The number of benzene rings is 2. The van der Waals surface area contributed by atoms with Crippen LogP contribution in [0.5, 0.6) is 23.0 Å². The molecule has 7 nitrogen and oxygen atoms in total. The van der Waals surface area contributed by atoms with Crippen LogP contribution in [0.4, 0.5) is 8.78 Å². The van der Waals surface area contributed by atoms with Crippen molar-refractivity contribution in [3.63, 3.8) is 0 Å². The van der Waals surface area contributed by atoms with Crippen LogP contribution < -0.4 is 19.2 Å². The molecule has 2 N–H and O–H groups in total. The van der Waals surface area contributed by atoms with Crippen molar-refractivity contribution < 1.29 is 42.6 Å². The van der Waals surface area contributed by atoms with Gasteiger partial charge in [0.15, 0.2) is 35.4 Å². The van der Waals surface area contributed by atoms with Crippen LogP contribution in [0.2, 0.25) is 10.0 Å². The van der Waals surface area contributed by atoms with Crippen molar-refractivity contribution in [1.29, 1.82) is 0 Å². The number of hydrogen-bond acceptors (Lipinski definition) is 6. The van der Waals surface area contributed by atoms with Gasteiger partial charge >= 0.3 is 12.6 Å². The molecule has 1 heterocycles. The number of pyridine rings is 1. The zero-order chi connectivity index (χ0) is 26.5. The summed E-state index contributed by atoms with van der Waals surface area (Å²) in [6.45, 7) is -2.69. The summed E-state index contributed by atoms with van der Waals surface area (Å²) < 4.78 is 47.2. The predicted molar refractivity (Wildman–Crippen MR) is 131 cm³/mol. The third-order valence-corrected chi connectivity index (χ3v) is 6.45. The Balaban J connectivity index is 1.68. The fraction of sp³-hybridized carbons (Fsp3) is 0.308. The van der Waals surface area contributed by atoms with Crippen LogP contribution in [0.25, 0.3) is 0 Å². The van der Waals surface area contributed by atoms with Crippen molar-refractivity contribution in [1.82, 2.24) is 0 Å². The number of esters is 1. The Hall–Kier alpha value is -3.30. The molecule has 11 heteroatoms. The van der Waals surface area contributed by atoms with Crippen molar-refractivity contribution in [3.05, 3.63) is 75.5 Å². The molecule has 2 aromatic carbocycles. The molecule has 1 atom stereocenters. The lowest BCUT2D eigenvalue weighted by Crippen LogP contribution is -2.16. The van der Waals surface area contributed by atoms with E-state index in [1.807, 2.05) is 0 Å². The summed E-state index contributed by atoms with van der Waals surface area (Å²) in [5, 5.41) is 10.7. The van der Waals surface area contributed by atoms with Gasteiger partial charge in [-0.05, 0) is 54.7 Å². The molecule has 0 amide bonds. The minimum atomic E-state index is -3.04. The Bertz CT molecular complexity index is 1250. The SMILES string of the molecule is COc1ccc(C(=O)O[C@@H](Cc2c(Cl)c[nH+]cc2Cl)c2ccc(OC(F)F)c(OCC3CC3)c2)cc1O. The van der Waals surface area contributed by atoms with Crippen molar-refractivity contribution in [2.24, 2.45) is 5.92 Å². The monoisotopic (exact) mass is 554 g/mol. The normalized spacial score (nSPS) is 13.8. The lowest BCUT2D eigenvalue weighted by atomic mass is 10.0. The molecular weight excluding hydrogens is 531 g/mol. The van der Waals surface area contributed by atoms with Crippen LogP contribution in [-0.4, -0.2) is 31.4 Å². The Morgan fingerprint density at radius 2 is 1.78 bits per heavy atom. The van der Waals surface area contributed by atoms with Crippen LogP contribution in [0, 0.1) is 5.92 Å². The number of alkyl halides is 2. The van der Waals surface area contributed by atoms with Crippen LogP contribution in [-0.2, 0) is 11.2 Å². The van der Waals surface area contributed by atoms with E-state index in [1.54, 1.807) is 0 Å². The number of phenols is 1. The summed E-state index contributed by atoms with van der Waals surface area (Å²) >= 11 is 12.7. The summed E-state index contributed by atoms with van der Waals surface area (Å²) in [7, 11) is 1.39. The summed E-state index contributed by atoms with van der Waals surface area (Å²) in [5.41, 5.74) is 1.02. The first-order valence-electron chi connectivity index (χ1n) is 11.4. The number of nitrogens with one attached hydrogen (secondary N) is 1. The van der Waals surface area contributed by atoms with Gasteiger partial charge in [0.25, 0.3) is 0 Å². The highest BCUT2D eigenvalue weighted by molar-refractivity contribution is 6.35. The third kappa shape index (κ3) is 6.93. The quantitative estimate of drug-likeness (QED) is 0.290. The van der Waals surface area contributed by atoms with E-state index in [4.69, 9.17) is 37.4 Å². The third-order valence-electron chi connectivity index (χ3n) is 5.78. The molecule has 0 bridgehead atoms. The molecule has 3 aromatic rings. The Morgan fingerprint density at radius 1 is 1.08 bits per heavy atom. The molecule has 0 unspecified atom stereocenters. The van der Waals surface area contributed by atoms with E-state index in [2.05, 4.69) is 9.72 Å². The molecule has 0 saturated heterocycles. The molecule has 37 heavy (non-hydrogen) atoms. The van der Waals surface area contributed by atoms with E-state index in [0.717, 1.165) is 12.8 Å². The van der Waals surface area contributed by atoms with Gasteiger partial charge in [0, 0.05) is 12.0 Å². The molecular formula is C26H24Cl2F2NO6+. The predicted octanol–water partition coefficient (Wildman–Crippen LogP) is 6.05. The number of carbonyl (C=O) groups is 1. The minimum absolute atomic E-state index is 0.0668. The summed E-state index contributed by atoms with van der Waals surface area (Å²) in [4.78, 5) is 15.9. The van der Waals surface area contributed by atoms with Gasteiger partial charge in [0.2, 0.25) is 0 Å². The maximum atomic E-state index is 13.1. The highest BCUT2D eigenvalue weighted by Crippen LogP contribution is 2.38. The lowest BCUT2D eigenvalue weighted by molar-refractivity contribution is -0.377. The summed E-state index contributed by atoms with van der Waals surface area (Å²) in [6.07, 6.45) is 4.19. The average Bonchev–Trinajstić information content (AvgIpc) is 3.69. The van der Waals surface area contributed by atoms with E-state index in [0.29, 0.717) is 33.7 Å². The van der Waals surface area contributed by atoms with Crippen LogP contribution in [0.3, 0.4) is 0 Å². The average molecular weight is 555 g/mol. The van der Waals surface area contributed by atoms with E-state index in [9.17, 15) is 18.7 Å². The molecule has 1 fully saturated rings. The number of aromatic hydroxyl groups is 1. The van der Waals surface area contributed by atoms with E-state index in [1.165, 1.54) is 55.9 Å². The zero-order valence-corrected chi connectivity index (χ0v) is 21.2. The van der Waals surface area contributed by atoms with Gasteiger partial charge in [-0.1, -0.05) is 29.3 Å². The molecule has 1 aliphatic carbocycles. The van der Waals surface area contributed by atoms with Crippen molar-refractivity contribution in [2.45, 2.75) is 32.0 Å². The second kappa shape index (κ2) is 11.8. The fourth-order valence-electron chi connectivity index (χ4n) is 3.62. The minimum Gasteiger partial charge on any atom is -0.504 e. The largest absolute Gasteiger partial charge is 0.504 e. The van der Waals surface area contributed by atoms with E-state index in [-0.39, 0.29) is 35.0 Å². The first-order valence-corrected chi connectivity index (χ1v) is 12.1. The van der Waals surface area contributed by atoms with E-state index >= 15 is 0 Å². The molecule has 196 valence electrons. The number of carbonyl (C=O) groups excluding carboxylic acids is 1. The van der Waals surface area contributed by atoms with Gasteiger partial charge in [-0.2, -0.15) is 8.78 Å². The van der Waals surface area contributed by atoms with Crippen LogP contribution in [0.15, 0.2) is 48.8 Å². The van der Waals surface area contributed by atoms with Crippen LogP contribution in [0.1, 0.15) is 40.4 Å². The fourth-order valence-corrected chi connectivity index (χ4v) is 4.15. The van der Waals surface area contributed by atoms with Gasteiger partial charge in [0.1, 0.15) is 16.1 Å². The highest BCUT2D eigenvalue weighted by atomic mass is 35.5.